The van der Waals surface area contributed by atoms with Crippen LogP contribution < -0.4 is 10.5 Å². The van der Waals surface area contributed by atoms with E-state index in [1.165, 1.54) is 6.07 Å². The fourth-order valence-corrected chi connectivity index (χ4v) is 4.57. The lowest BCUT2D eigenvalue weighted by Crippen LogP contribution is -2.22. The molecule has 0 radical (unpaired) electrons. The summed E-state index contributed by atoms with van der Waals surface area (Å²) in [4.78, 5) is 0. The number of nitrogens with one attached hydrogen (secondary N) is 1. The van der Waals surface area contributed by atoms with Crippen molar-refractivity contribution >= 4 is 47.2 Å². The van der Waals surface area contributed by atoms with Crippen molar-refractivity contribution < 1.29 is 16.8 Å². The maximum absolute atomic E-state index is 11.5. The molecule has 0 bridgehead atoms. The minimum atomic E-state index is -3.96. The number of anilines is 2. The van der Waals surface area contributed by atoms with Crippen LogP contribution in [0.25, 0.3) is 0 Å². The molecule has 3 N–H and O–H groups in total. The highest BCUT2D eigenvalue weighted by Gasteiger charge is 2.19. The third kappa shape index (κ3) is 4.92. The number of sulfonamides is 1. The van der Waals surface area contributed by atoms with Crippen LogP contribution >= 0.6 is 15.9 Å². The number of halogens is 1. The molecule has 0 spiro atoms. The quantitative estimate of drug-likeness (QED) is 0.786. The van der Waals surface area contributed by atoms with Crippen molar-refractivity contribution in [3.8, 4) is 0 Å². The molecule has 17 heavy (non-hydrogen) atoms. The normalized spacial score (nSPS) is 12.4. The van der Waals surface area contributed by atoms with E-state index in [9.17, 15) is 16.8 Å². The lowest BCUT2D eigenvalue weighted by molar-refractivity contribution is 0.595. The largest absolute Gasteiger partial charge is 0.399 e. The molecule has 9 heteroatoms. The van der Waals surface area contributed by atoms with Crippen LogP contribution in [0.15, 0.2) is 22.7 Å². The van der Waals surface area contributed by atoms with Crippen molar-refractivity contribution in [3.63, 3.8) is 0 Å². The summed E-state index contributed by atoms with van der Waals surface area (Å²) in [7, 11) is -7.58. The standard InChI is InChI=1S/C8H11BrN2O4S2/c1-16(12,13)5-17(14,15)11-8-4-6(10)2-3-7(8)9/h2-4,11H,5,10H2,1H3. The van der Waals surface area contributed by atoms with E-state index in [-0.39, 0.29) is 5.69 Å². The van der Waals surface area contributed by atoms with Gasteiger partial charge in [0.05, 0.1) is 5.69 Å². The van der Waals surface area contributed by atoms with Crippen LogP contribution in [0.2, 0.25) is 0 Å². The SMILES string of the molecule is CS(=O)(=O)CS(=O)(=O)Nc1cc(N)ccc1Br. The number of hydrogen-bond acceptors (Lipinski definition) is 5. The minimum absolute atomic E-state index is 0.202. The number of benzene rings is 1. The summed E-state index contributed by atoms with van der Waals surface area (Å²) in [6.45, 7) is 0. The number of nitrogen functional groups attached to an aromatic ring is 1. The second-order valence-corrected chi connectivity index (χ2v) is 8.58. The van der Waals surface area contributed by atoms with Crippen LogP contribution in [-0.4, -0.2) is 28.2 Å². The Morgan fingerprint density at radius 1 is 1.29 bits per heavy atom. The molecule has 0 aromatic heterocycles. The van der Waals surface area contributed by atoms with E-state index in [0.717, 1.165) is 6.26 Å². The highest BCUT2D eigenvalue weighted by Crippen LogP contribution is 2.25. The van der Waals surface area contributed by atoms with E-state index in [4.69, 9.17) is 5.73 Å². The molecule has 0 atom stereocenters. The molecular formula is C8H11BrN2O4S2. The third-order valence-electron chi connectivity index (χ3n) is 1.63. The van der Waals surface area contributed by atoms with Crippen molar-refractivity contribution in [1.29, 1.82) is 0 Å². The molecule has 0 fully saturated rings. The molecule has 1 aromatic rings. The van der Waals surface area contributed by atoms with Gasteiger partial charge in [-0.15, -0.1) is 0 Å². The second kappa shape index (κ2) is 4.83. The molecule has 0 unspecified atom stereocenters. The van der Waals surface area contributed by atoms with Gasteiger partial charge in [-0.05, 0) is 34.1 Å². The van der Waals surface area contributed by atoms with Gasteiger partial charge in [-0.3, -0.25) is 4.72 Å². The van der Waals surface area contributed by atoms with Crippen molar-refractivity contribution in [2.75, 3.05) is 21.8 Å². The first-order chi connectivity index (χ1) is 7.59. The van der Waals surface area contributed by atoms with Gasteiger partial charge in [-0.1, -0.05) is 0 Å². The Bertz CT molecular complexity index is 625. The Morgan fingerprint density at radius 2 is 1.88 bits per heavy atom. The van der Waals surface area contributed by atoms with Gasteiger partial charge in [0.25, 0.3) is 0 Å². The molecule has 0 aliphatic rings. The summed E-state index contributed by atoms with van der Waals surface area (Å²) in [6.07, 6.45) is 0.848. The van der Waals surface area contributed by atoms with E-state index < -0.39 is 24.9 Å². The van der Waals surface area contributed by atoms with E-state index in [1.54, 1.807) is 12.1 Å². The monoisotopic (exact) mass is 342 g/mol. The molecule has 0 aliphatic heterocycles. The summed E-state index contributed by atoms with van der Waals surface area (Å²) < 4.78 is 47.5. The summed E-state index contributed by atoms with van der Waals surface area (Å²) in [5.74, 6) is 0. The number of sulfone groups is 1. The Kier molecular flexibility index (Phi) is 4.05. The number of rotatable bonds is 4. The van der Waals surface area contributed by atoms with Gasteiger partial charge in [0.15, 0.2) is 14.9 Å². The van der Waals surface area contributed by atoms with Crippen LogP contribution in [0.1, 0.15) is 0 Å². The van der Waals surface area contributed by atoms with Crippen LogP contribution in [0.5, 0.6) is 0 Å². The van der Waals surface area contributed by atoms with Crippen molar-refractivity contribution in [2.24, 2.45) is 0 Å². The van der Waals surface area contributed by atoms with Gasteiger partial charge >= 0.3 is 0 Å². The zero-order valence-electron chi connectivity index (χ0n) is 8.84. The molecule has 0 saturated heterocycles. The van der Waals surface area contributed by atoms with E-state index in [1.807, 2.05) is 0 Å². The maximum Gasteiger partial charge on any atom is 0.247 e. The van der Waals surface area contributed by atoms with Gasteiger partial charge in [-0.25, -0.2) is 16.8 Å². The average Bonchev–Trinajstić information content (AvgIpc) is 2.06. The predicted octanol–water partition coefficient (Wildman–Crippen LogP) is 0.775. The fourth-order valence-electron chi connectivity index (χ4n) is 1.10. The molecule has 96 valence electrons. The Hall–Kier alpha value is -0.800. The summed E-state index contributed by atoms with van der Waals surface area (Å²) in [5.41, 5.74) is 6.07. The van der Waals surface area contributed by atoms with Crippen molar-refractivity contribution in [1.82, 2.24) is 0 Å². The predicted molar refractivity (Wildman–Crippen MR) is 70.8 cm³/mol. The van der Waals surface area contributed by atoms with Crippen LogP contribution in [0, 0.1) is 0 Å². The molecular weight excluding hydrogens is 332 g/mol. The van der Waals surface area contributed by atoms with Gasteiger partial charge < -0.3 is 5.73 Å². The summed E-state index contributed by atoms with van der Waals surface area (Å²) in [5, 5.41) is -0.971. The fraction of sp³-hybridized carbons (Fsp3) is 0.250. The van der Waals surface area contributed by atoms with Crippen LogP contribution in [-0.2, 0) is 19.9 Å². The molecule has 0 amide bonds. The Labute approximate surface area is 108 Å². The summed E-state index contributed by atoms with van der Waals surface area (Å²) >= 11 is 3.13. The zero-order chi connectivity index (χ0) is 13.3. The average molecular weight is 343 g/mol. The van der Waals surface area contributed by atoms with Crippen LogP contribution in [0.3, 0.4) is 0 Å². The Balaban J connectivity index is 3.02. The lowest BCUT2D eigenvalue weighted by atomic mass is 10.3. The highest BCUT2D eigenvalue weighted by molar-refractivity contribution is 9.10. The van der Waals surface area contributed by atoms with E-state index in [2.05, 4.69) is 20.7 Å². The molecule has 1 aromatic carbocycles. The molecule has 0 aliphatic carbocycles. The molecule has 6 nitrogen and oxygen atoms in total. The Morgan fingerprint density at radius 3 is 2.41 bits per heavy atom. The highest BCUT2D eigenvalue weighted by atomic mass is 79.9. The van der Waals surface area contributed by atoms with Gasteiger partial charge in [-0.2, -0.15) is 0 Å². The van der Waals surface area contributed by atoms with Gasteiger partial charge in [0, 0.05) is 16.4 Å². The first-order valence-electron chi connectivity index (χ1n) is 4.32. The number of hydrogen-bond donors (Lipinski definition) is 2. The molecule has 0 heterocycles. The number of nitrogens with two attached hydrogens (primary N) is 1. The van der Waals surface area contributed by atoms with Gasteiger partial charge in [0.1, 0.15) is 0 Å². The molecule has 0 saturated carbocycles. The topological polar surface area (TPSA) is 106 Å². The lowest BCUT2D eigenvalue weighted by Gasteiger charge is -2.09. The minimum Gasteiger partial charge on any atom is -0.399 e. The van der Waals surface area contributed by atoms with Crippen molar-refractivity contribution in [3.05, 3.63) is 22.7 Å². The van der Waals surface area contributed by atoms with Crippen LogP contribution in [0.4, 0.5) is 11.4 Å². The zero-order valence-corrected chi connectivity index (χ0v) is 12.1. The molecule has 1 rings (SSSR count). The smallest absolute Gasteiger partial charge is 0.247 e. The van der Waals surface area contributed by atoms with Crippen molar-refractivity contribution in [2.45, 2.75) is 0 Å². The second-order valence-electron chi connectivity index (χ2n) is 3.50. The summed E-state index contributed by atoms with van der Waals surface area (Å²) in [6, 6.07) is 4.54. The first-order valence-corrected chi connectivity index (χ1v) is 8.83. The van der Waals surface area contributed by atoms with E-state index in [0.29, 0.717) is 10.2 Å². The first kappa shape index (κ1) is 14.3. The van der Waals surface area contributed by atoms with E-state index >= 15 is 0 Å². The van der Waals surface area contributed by atoms with Gasteiger partial charge in [0.2, 0.25) is 10.0 Å². The third-order valence-corrected chi connectivity index (χ3v) is 5.80. The maximum atomic E-state index is 11.5.